The molecule has 0 atom stereocenters. The number of hydrogen-bond acceptors (Lipinski definition) is 6. The summed E-state index contributed by atoms with van der Waals surface area (Å²) in [6.45, 7) is 3.49. The third-order valence-electron chi connectivity index (χ3n) is 2.86. The zero-order valence-electron chi connectivity index (χ0n) is 11.2. The predicted molar refractivity (Wildman–Crippen MR) is 76.7 cm³/mol. The standard InChI is InChI=1S/C13H16N6O/c1-2-14-13-18-11(10-12(19-13)17-8-16-10)15-6-5-9-4-3-7-20-9/h3-4,7-8H,2,5-6H2,1H3,(H3,14,15,16,17,18,19). The first kappa shape index (κ1) is 12.5. The van der Waals surface area contributed by atoms with Gasteiger partial charge in [-0.05, 0) is 19.1 Å². The highest BCUT2D eigenvalue weighted by atomic mass is 16.3. The second kappa shape index (κ2) is 5.60. The summed E-state index contributed by atoms with van der Waals surface area (Å²) in [5, 5.41) is 6.39. The minimum Gasteiger partial charge on any atom is -0.469 e. The first-order valence-corrected chi connectivity index (χ1v) is 6.58. The second-order valence-electron chi connectivity index (χ2n) is 4.28. The van der Waals surface area contributed by atoms with Crippen LogP contribution in [0.1, 0.15) is 12.7 Å². The molecule has 3 N–H and O–H groups in total. The van der Waals surface area contributed by atoms with Crippen LogP contribution in [-0.2, 0) is 6.42 Å². The van der Waals surface area contributed by atoms with Crippen LogP contribution in [-0.4, -0.2) is 33.0 Å². The van der Waals surface area contributed by atoms with Crippen molar-refractivity contribution in [2.75, 3.05) is 23.7 Å². The number of nitrogens with zero attached hydrogens (tertiary/aromatic N) is 3. The van der Waals surface area contributed by atoms with E-state index in [-0.39, 0.29) is 0 Å². The molecule has 0 radical (unpaired) electrons. The van der Waals surface area contributed by atoms with Gasteiger partial charge in [0.1, 0.15) is 11.3 Å². The zero-order valence-corrected chi connectivity index (χ0v) is 11.2. The van der Waals surface area contributed by atoms with Crippen LogP contribution < -0.4 is 10.6 Å². The van der Waals surface area contributed by atoms with E-state index in [2.05, 4.69) is 30.6 Å². The number of hydrogen-bond donors (Lipinski definition) is 3. The Bertz CT molecular complexity index is 675. The zero-order chi connectivity index (χ0) is 13.8. The monoisotopic (exact) mass is 272 g/mol. The number of anilines is 2. The fourth-order valence-electron chi connectivity index (χ4n) is 1.96. The van der Waals surface area contributed by atoms with Gasteiger partial charge >= 0.3 is 0 Å². The first-order valence-electron chi connectivity index (χ1n) is 6.58. The van der Waals surface area contributed by atoms with Crippen LogP contribution in [0.2, 0.25) is 0 Å². The van der Waals surface area contributed by atoms with Crippen LogP contribution in [0.25, 0.3) is 11.2 Å². The summed E-state index contributed by atoms with van der Waals surface area (Å²) in [4.78, 5) is 16.0. The van der Waals surface area contributed by atoms with Gasteiger partial charge in [0.25, 0.3) is 0 Å². The number of aromatic nitrogens is 4. The molecule has 20 heavy (non-hydrogen) atoms. The SMILES string of the molecule is CCNc1nc(NCCc2ccco2)c2[nH]cnc2n1. The van der Waals surface area contributed by atoms with Crippen LogP contribution in [0.3, 0.4) is 0 Å². The van der Waals surface area contributed by atoms with Crippen molar-refractivity contribution in [1.82, 2.24) is 19.9 Å². The molecule has 0 aliphatic heterocycles. The summed E-state index contributed by atoms with van der Waals surface area (Å²) in [5.74, 6) is 2.27. The molecule has 104 valence electrons. The summed E-state index contributed by atoms with van der Waals surface area (Å²) < 4.78 is 5.30. The van der Waals surface area contributed by atoms with Crippen LogP contribution >= 0.6 is 0 Å². The number of rotatable bonds is 6. The highest BCUT2D eigenvalue weighted by Crippen LogP contribution is 2.18. The second-order valence-corrected chi connectivity index (χ2v) is 4.28. The van der Waals surface area contributed by atoms with Crippen molar-refractivity contribution in [3.63, 3.8) is 0 Å². The number of H-pyrrole nitrogens is 1. The average Bonchev–Trinajstić information content (AvgIpc) is 3.09. The number of fused-ring (bicyclic) bond motifs is 1. The van der Waals surface area contributed by atoms with Crippen LogP contribution in [0.15, 0.2) is 29.1 Å². The molecule has 7 nitrogen and oxygen atoms in total. The predicted octanol–water partition coefficient (Wildman–Crippen LogP) is 2.03. The van der Waals surface area contributed by atoms with Gasteiger partial charge in [0, 0.05) is 19.5 Å². The van der Waals surface area contributed by atoms with Gasteiger partial charge in [-0.1, -0.05) is 0 Å². The molecular formula is C13H16N6O. The Balaban J connectivity index is 1.76. The molecule has 0 fully saturated rings. The van der Waals surface area contributed by atoms with Gasteiger partial charge in [0.2, 0.25) is 5.95 Å². The molecule has 7 heteroatoms. The van der Waals surface area contributed by atoms with Crippen molar-refractivity contribution in [3.8, 4) is 0 Å². The van der Waals surface area contributed by atoms with E-state index in [1.807, 2.05) is 19.1 Å². The third kappa shape index (κ3) is 2.56. The molecule has 0 spiro atoms. The van der Waals surface area contributed by atoms with Crippen LogP contribution in [0.5, 0.6) is 0 Å². The molecular weight excluding hydrogens is 256 g/mol. The molecule has 3 aromatic heterocycles. The van der Waals surface area contributed by atoms with Gasteiger partial charge in [-0.15, -0.1) is 0 Å². The summed E-state index contributed by atoms with van der Waals surface area (Å²) in [5.41, 5.74) is 1.46. The quantitative estimate of drug-likeness (QED) is 0.636. The Morgan fingerprint density at radius 3 is 3.05 bits per heavy atom. The number of nitrogens with one attached hydrogen (secondary N) is 3. The Morgan fingerprint density at radius 2 is 2.25 bits per heavy atom. The molecule has 3 heterocycles. The molecule has 0 bridgehead atoms. The maximum atomic E-state index is 5.30. The number of furan rings is 1. The topological polar surface area (TPSA) is 91.7 Å². The maximum Gasteiger partial charge on any atom is 0.226 e. The lowest BCUT2D eigenvalue weighted by atomic mass is 10.3. The lowest BCUT2D eigenvalue weighted by Gasteiger charge is -2.08. The summed E-state index contributed by atoms with van der Waals surface area (Å²) in [7, 11) is 0. The molecule has 0 unspecified atom stereocenters. The lowest BCUT2D eigenvalue weighted by molar-refractivity contribution is 0.513. The molecule has 0 aromatic carbocycles. The smallest absolute Gasteiger partial charge is 0.226 e. The van der Waals surface area contributed by atoms with Gasteiger partial charge in [0.15, 0.2) is 11.5 Å². The van der Waals surface area contributed by atoms with Crippen LogP contribution in [0.4, 0.5) is 11.8 Å². The Labute approximate surface area is 115 Å². The molecule has 3 aromatic rings. The van der Waals surface area contributed by atoms with Crippen molar-refractivity contribution < 1.29 is 4.42 Å². The van der Waals surface area contributed by atoms with Gasteiger partial charge in [-0.2, -0.15) is 9.97 Å². The minimum absolute atomic E-state index is 0.576. The molecule has 0 aliphatic rings. The lowest BCUT2D eigenvalue weighted by Crippen LogP contribution is -2.09. The fourth-order valence-corrected chi connectivity index (χ4v) is 1.96. The van der Waals surface area contributed by atoms with E-state index in [0.29, 0.717) is 11.6 Å². The normalized spacial score (nSPS) is 10.8. The van der Waals surface area contributed by atoms with E-state index in [0.717, 1.165) is 36.6 Å². The number of imidazole rings is 1. The van der Waals surface area contributed by atoms with Crippen molar-refractivity contribution >= 4 is 22.9 Å². The highest BCUT2D eigenvalue weighted by Gasteiger charge is 2.09. The van der Waals surface area contributed by atoms with Crippen molar-refractivity contribution in [2.45, 2.75) is 13.3 Å². The van der Waals surface area contributed by atoms with E-state index in [9.17, 15) is 0 Å². The van der Waals surface area contributed by atoms with E-state index in [4.69, 9.17) is 4.42 Å². The van der Waals surface area contributed by atoms with Crippen molar-refractivity contribution in [1.29, 1.82) is 0 Å². The van der Waals surface area contributed by atoms with E-state index < -0.39 is 0 Å². The van der Waals surface area contributed by atoms with Crippen molar-refractivity contribution in [2.24, 2.45) is 0 Å². The summed E-state index contributed by atoms with van der Waals surface area (Å²) in [6, 6.07) is 3.84. The molecule has 3 rings (SSSR count). The fraction of sp³-hybridized carbons (Fsp3) is 0.308. The highest BCUT2D eigenvalue weighted by molar-refractivity contribution is 5.83. The molecule has 0 aliphatic carbocycles. The average molecular weight is 272 g/mol. The first-order chi connectivity index (χ1) is 9.86. The Kier molecular flexibility index (Phi) is 3.49. The maximum absolute atomic E-state index is 5.30. The number of aromatic amines is 1. The third-order valence-corrected chi connectivity index (χ3v) is 2.86. The largest absolute Gasteiger partial charge is 0.469 e. The minimum atomic E-state index is 0.576. The van der Waals surface area contributed by atoms with E-state index in [1.165, 1.54) is 0 Å². The summed E-state index contributed by atoms with van der Waals surface area (Å²) >= 11 is 0. The Morgan fingerprint density at radius 1 is 1.30 bits per heavy atom. The van der Waals surface area contributed by atoms with Gasteiger partial charge < -0.3 is 20.0 Å². The van der Waals surface area contributed by atoms with Gasteiger partial charge in [-0.25, -0.2) is 4.98 Å². The molecule has 0 saturated carbocycles. The summed E-state index contributed by atoms with van der Waals surface area (Å²) in [6.07, 6.45) is 4.09. The van der Waals surface area contributed by atoms with E-state index >= 15 is 0 Å². The Hall–Kier alpha value is -2.57. The van der Waals surface area contributed by atoms with Crippen LogP contribution in [0, 0.1) is 0 Å². The molecule has 0 saturated heterocycles. The molecule has 0 amide bonds. The van der Waals surface area contributed by atoms with Crippen molar-refractivity contribution in [3.05, 3.63) is 30.5 Å². The van der Waals surface area contributed by atoms with Gasteiger partial charge in [0.05, 0.1) is 12.6 Å². The van der Waals surface area contributed by atoms with E-state index in [1.54, 1.807) is 12.6 Å². The van der Waals surface area contributed by atoms with Gasteiger partial charge in [-0.3, -0.25) is 0 Å².